The average Bonchev–Trinajstić information content (AvgIpc) is 3.26. The molecule has 29 heavy (non-hydrogen) atoms. The molecule has 1 unspecified atom stereocenters. The Kier molecular flexibility index (Phi) is 8.15. The summed E-state index contributed by atoms with van der Waals surface area (Å²) in [6.07, 6.45) is 3.15. The van der Waals surface area contributed by atoms with Crippen LogP contribution in [0.4, 0.5) is 11.4 Å². The number of nitrogens with one attached hydrogen (secondary N) is 2. The second-order valence-electron chi connectivity index (χ2n) is 7.59. The van der Waals surface area contributed by atoms with Crippen LogP contribution < -0.4 is 15.5 Å². The van der Waals surface area contributed by atoms with Crippen molar-refractivity contribution in [3.63, 3.8) is 0 Å². The van der Waals surface area contributed by atoms with E-state index in [1.165, 1.54) is 0 Å². The fraction of sp³-hybridized carbons (Fsp3) is 0.619. The number of carbonyl (C=O) groups is 2. The van der Waals surface area contributed by atoms with Gasteiger partial charge in [-0.3, -0.25) is 14.5 Å². The maximum atomic E-state index is 12.9. The first-order chi connectivity index (χ1) is 14.0. The number of morpholine rings is 1. The molecule has 2 saturated heterocycles. The predicted molar refractivity (Wildman–Crippen MR) is 116 cm³/mol. The molecule has 1 aromatic rings. The van der Waals surface area contributed by atoms with E-state index in [1.54, 1.807) is 13.0 Å². The lowest BCUT2D eigenvalue weighted by atomic mass is 10.1. The predicted octanol–water partition coefficient (Wildman–Crippen LogP) is 2.30. The molecule has 2 fully saturated rings. The van der Waals surface area contributed by atoms with Crippen LogP contribution in [0.1, 0.15) is 36.5 Å². The summed E-state index contributed by atoms with van der Waals surface area (Å²) < 4.78 is 5.36. The highest BCUT2D eigenvalue weighted by Gasteiger charge is 2.21. The number of hydrogen-bond donors (Lipinski definition) is 2. The van der Waals surface area contributed by atoms with Crippen LogP contribution in [0.2, 0.25) is 0 Å². The summed E-state index contributed by atoms with van der Waals surface area (Å²) in [6, 6.07) is 5.50. The van der Waals surface area contributed by atoms with E-state index in [4.69, 9.17) is 16.3 Å². The average molecular weight is 423 g/mol. The summed E-state index contributed by atoms with van der Waals surface area (Å²) in [5.41, 5.74) is 2.10. The van der Waals surface area contributed by atoms with E-state index in [0.717, 1.165) is 70.9 Å². The quantitative estimate of drug-likeness (QED) is 0.496. The Balaban J connectivity index is 1.63. The molecule has 8 heteroatoms. The van der Waals surface area contributed by atoms with Crippen LogP contribution in [-0.4, -0.2) is 74.6 Å². The summed E-state index contributed by atoms with van der Waals surface area (Å²) in [6.45, 7) is 8.55. The Morgan fingerprint density at radius 2 is 1.90 bits per heavy atom. The van der Waals surface area contributed by atoms with Crippen LogP contribution >= 0.6 is 11.6 Å². The Bertz CT molecular complexity index is 701. The second-order valence-corrected chi connectivity index (χ2v) is 8.25. The number of amides is 2. The zero-order valence-corrected chi connectivity index (χ0v) is 17.8. The van der Waals surface area contributed by atoms with Crippen molar-refractivity contribution in [2.45, 2.75) is 31.6 Å². The molecule has 1 atom stereocenters. The highest BCUT2D eigenvalue weighted by atomic mass is 35.5. The molecular formula is C21H31ClN4O3. The van der Waals surface area contributed by atoms with Crippen LogP contribution in [0.15, 0.2) is 18.2 Å². The summed E-state index contributed by atoms with van der Waals surface area (Å²) in [7, 11) is 0. The lowest BCUT2D eigenvalue weighted by Crippen LogP contribution is -2.38. The van der Waals surface area contributed by atoms with E-state index in [2.05, 4.69) is 20.4 Å². The fourth-order valence-electron chi connectivity index (χ4n) is 3.70. The summed E-state index contributed by atoms with van der Waals surface area (Å²) in [5, 5.41) is 5.19. The number of carbonyl (C=O) groups excluding carboxylic acids is 2. The summed E-state index contributed by atoms with van der Waals surface area (Å²) >= 11 is 5.85. The first-order valence-electron chi connectivity index (χ1n) is 10.5. The van der Waals surface area contributed by atoms with Crippen molar-refractivity contribution in [2.75, 3.05) is 62.7 Å². The molecule has 2 amide bonds. The van der Waals surface area contributed by atoms with Gasteiger partial charge in [0.05, 0.1) is 18.8 Å². The van der Waals surface area contributed by atoms with Gasteiger partial charge >= 0.3 is 0 Å². The molecule has 0 saturated carbocycles. The van der Waals surface area contributed by atoms with Crippen molar-refractivity contribution in [1.82, 2.24) is 10.2 Å². The Morgan fingerprint density at radius 1 is 1.17 bits per heavy atom. The van der Waals surface area contributed by atoms with Gasteiger partial charge in [-0.2, -0.15) is 0 Å². The molecule has 2 aliphatic heterocycles. The van der Waals surface area contributed by atoms with Gasteiger partial charge in [-0.15, -0.1) is 11.6 Å². The van der Waals surface area contributed by atoms with Crippen molar-refractivity contribution < 1.29 is 14.3 Å². The number of benzene rings is 1. The van der Waals surface area contributed by atoms with E-state index in [9.17, 15) is 9.59 Å². The van der Waals surface area contributed by atoms with Gasteiger partial charge in [0.1, 0.15) is 5.38 Å². The third-order valence-electron chi connectivity index (χ3n) is 5.36. The molecule has 1 aromatic carbocycles. The summed E-state index contributed by atoms with van der Waals surface area (Å²) in [5.74, 6) is -0.388. The van der Waals surface area contributed by atoms with Gasteiger partial charge in [-0.25, -0.2) is 0 Å². The molecular weight excluding hydrogens is 392 g/mol. The SMILES string of the molecule is CC(Cl)C(=O)Nc1ccc(N2CCCC2)c(C(=O)NCCCN2CCOCC2)c1. The number of rotatable bonds is 8. The van der Waals surface area contributed by atoms with Crippen molar-refractivity contribution in [2.24, 2.45) is 0 Å². The molecule has 2 N–H and O–H groups in total. The number of anilines is 2. The lowest BCUT2D eigenvalue weighted by Gasteiger charge is -2.26. The lowest BCUT2D eigenvalue weighted by molar-refractivity contribution is -0.115. The summed E-state index contributed by atoms with van der Waals surface area (Å²) in [4.78, 5) is 29.5. The first-order valence-corrected chi connectivity index (χ1v) is 10.9. The van der Waals surface area contributed by atoms with Crippen molar-refractivity contribution in [3.05, 3.63) is 23.8 Å². The zero-order chi connectivity index (χ0) is 20.6. The topological polar surface area (TPSA) is 73.9 Å². The standard InChI is InChI=1S/C21H31ClN4O3/c1-16(22)20(27)24-17-5-6-19(26-9-2-3-10-26)18(15-17)21(28)23-7-4-8-25-11-13-29-14-12-25/h5-6,15-16H,2-4,7-14H2,1H3,(H,23,28)(H,24,27). The number of halogens is 1. The van der Waals surface area contributed by atoms with Crippen LogP contribution in [0.5, 0.6) is 0 Å². The van der Waals surface area contributed by atoms with E-state index < -0.39 is 5.38 Å². The van der Waals surface area contributed by atoms with Gasteiger partial charge in [0, 0.05) is 44.1 Å². The van der Waals surface area contributed by atoms with Gasteiger partial charge in [0.2, 0.25) is 5.91 Å². The molecule has 7 nitrogen and oxygen atoms in total. The fourth-order valence-corrected chi connectivity index (χ4v) is 3.75. The zero-order valence-electron chi connectivity index (χ0n) is 17.1. The highest BCUT2D eigenvalue weighted by Crippen LogP contribution is 2.27. The number of hydrogen-bond acceptors (Lipinski definition) is 5. The third kappa shape index (κ3) is 6.32. The van der Waals surface area contributed by atoms with Gasteiger partial charge in [0.25, 0.3) is 5.91 Å². The van der Waals surface area contributed by atoms with Crippen molar-refractivity contribution in [1.29, 1.82) is 0 Å². The number of nitrogens with zero attached hydrogens (tertiary/aromatic N) is 2. The van der Waals surface area contributed by atoms with Crippen molar-refractivity contribution >= 4 is 34.8 Å². The molecule has 0 bridgehead atoms. The molecule has 0 spiro atoms. The first kappa shape index (κ1) is 21.9. The minimum Gasteiger partial charge on any atom is -0.379 e. The minimum absolute atomic E-state index is 0.108. The Morgan fingerprint density at radius 3 is 2.59 bits per heavy atom. The second kappa shape index (κ2) is 10.8. The molecule has 3 rings (SSSR count). The maximum absolute atomic E-state index is 12.9. The highest BCUT2D eigenvalue weighted by molar-refractivity contribution is 6.32. The molecule has 2 heterocycles. The van der Waals surface area contributed by atoms with E-state index in [0.29, 0.717) is 17.8 Å². The molecule has 0 radical (unpaired) electrons. The van der Waals surface area contributed by atoms with Gasteiger partial charge in [0.15, 0.2) is 0 Å². The van der Waals surface area contributed by atoms with Crippen LogP contribution in [0, 0.1) is 0 Å². The van der Waals surface area contributed by atoms with Gasteiger partial charge < -0.3 is 20.3 Å². The smallest absolute Gasteiger partial charge is 0.253 e. The van der Waals surface area contributed by atoms with Crippen LogP contribution in [0.3, 0.4) is 0 Å². The minimum atomic E-state index is -0.634. The van der Waals surface area contributed by atoms with Gasteiger partial charge in [-0.05, 0) is 50.9 Å². The molecule has 2 aliphatic rings. The molecule has 160 valence electrons. The van der Waals surface area contributed by atoms with Crippen LogP contribution in [-0.2, 0) is 9.53 Å². The van der Waals surface area contributed by atoms with Gasteiger partial charge in [-0.1, -0.05) is 0 Å². The molecule has 0 aromatic heterocycles. The normalized spacial score (nSPS) is 18.5. The number of ether oxygens (including phenoxy) is 1. The molecule has 0 aliphatic carbocycles. The van der Waals surface area contributed by atoms with E-state index >= 15 is 0 Å². The third-order valence-corrected chi connectivity index (χ3v) is 5.56. The van der Waals surface area contributed by atoms with Crippen molar-refractivity contribution in [3.8, 4) is 0 Å². The Hall–Kier alpha value is -1.83. The van der Waals surface area contributed by atoms with E-state index in [-0.39, 0.29) is 11.8 Å². The Labute approximate surface area is 177 Å². The largest absolute Gasteiger partial charge is 0.379 e. The maximum Gasteiger partial charge on any atom is 0.253 e. The monoisotopic (exact) mass is 422 g/mol. The number of alkyl halides is 1. The van der Waals surface area contributed by atoms with Crippen LogP contribution in [0.25, 0.3) is 0 Å². The van der Waals surface area contributed by atoms with E-state index in [1.807, 2.05) is 12.1 Å².